The van der Waals surface area contributed by atoms with Gasteiger partial charge in [-0.25, -0.2) is 0 Å². The van der Waals surface area contributed by atoms with Crippen molar-refractivity contribution in [3.05, 3.63) is 0 Å². The molecular formula is C14H30N2. The Morgan fingerprint density at radius 3 is 2.38 bits per heavy atom. The quantitative estimate of drug-likeness (QED) is 0.622. The van der Waals surface area contributed by atoms with Gasteiger partial charge in [0.1, 0.15) is 0 Å². The zero-order valence-corrected chi connectivity index (χ0v) is 11.2. The first-order chi connectivity index (χ1) is 7.79. The van der Waals surface area contributed by atoms with Crippen molar-refractivity contribution in [2.24, 2.45) is 11.8 Å². The maximum absolute atomic E-state index is 3.60. The van der Waals surface area contributed by atoms with Crippen molar-refractivity contribution in [3.8, 4) is 0 Å². The highest BCUT2D eigenvalue weighted by atomic mass is 14.9. The molecule has 0 heterocycles. The Morgan fingerprint density at radius 1 is 1.00 bits per heavy atom. The molecule has 96 valence electrons. The summed E-state index contributed by atoms with van der Waals surface area (Å²) >= 11 is 0. The summed E-state index contributed by atoms with van der Waals surface area (Å²) in [5.74, 6) is 1.74. The van der Waals surface area contributed by atoms with E-state index in [-0.39, 0.29) is 0 Å². The highest BCUT2D eigenvalue weighted by molar-refractivity contribution is 4.68. The number of rotatable bonds is 8. The molecule has 0 radical (unpaired) electrons. The van der Waals surface area contributed by atoms with Crippen molar-refractivity contribution in [1.82, 2.24) is 10.6 Å². The largest absolute Gasteiger partial charge is 0.316 e. The van der Waals surface area contributed by atoms with E-state index >= 15 is 0 Å². The van der Waals surface area contributed by atoms with Gasteiger partial charge in [-0.15, -0.1) is 0 Å². The molecule has 0 amide bonds. The highest BCUT2D eigenvalue weighted by Crippen LogP contribution is 2.22. The van der Waals surface area contributed by atoms with Crippen LogP contribution in [0.15, 0.2) is 0 Å². The molecule has 0 aliphatic heterocycles. The Labute approximate surface area is 102 Å². The Balaban J connectivity index is 1.80. The van der Waals surface area contributed by atoms with Crippen LogP contribution in [-0.2, 0) is 0 Å². The molecule has 0 atom stereocenters. The van der Waals surface area contributed by atoms with Gasteiger partial charge in [0.2, 0.25) is 0 Å². The van der Waals surface area contributed by atoms with Crippen molar-refractivity contribution >= 4 is 0 Å². The molecule has 0 unspecified atom stereocenters. The normalized spacial score (nSPS) is 18.2. The summed E-state index contributed by atoms with van der Waals surface area (Å²) in [6.07, 6.45) is 8.57. The topological polar surface area (TPSA) is 24.1 Å². The van der Waals surface area contributed by atoms with Crippen LogP contribution >= 0.6 is 0 Å². The summed E-state index contributed by atoms with van der Waals surface area (Å²) in [5.41, 5.74) is 0. The van der Waals surface area contributed by atoms with Gasteiger partial charge in [0, 0.05) is 0 Å². The average Bonchev–Trinajstić information content (AvgIpc) is 2.29. The number of hydrogen-bond donors (Lipinski definition) is 2. The summed E-state index contributed by atoms with van der Waals surface area (Å²) in [6.45, 7) is 9.27. The van der Waals surface area contributed by atoms with Gasteiger partial charge in [-0.3, -0.25) is 0 Å². The molecule has 1 aliphatic rings. The molecule has 0 aromatic heterocycles. The lowest BCUT2D eigenvalue weighted by molar-refractivity contribution is 0.341. The molecule has 0 spiro atoms. The summed E-state index contributed by atoms with van der Waals surface area (Å²) in [4.78, 5) is 0. The maximum atomic E-state index is 3.60. The van der Waals surface area contributed by atoms with Crippen LogP contribution in [0.5, 0.6) is 0 Å². The van der Waals surface area contributed by atoms with Crippen LogP contribution in [0.3, 0.4) is 0 Å². The molecule has 1 fully saturated rings. The monoisotopic (exact) mass is 226 g/mol. The second-order valence-electron chi connectivity index (χ2n) is 5.66. The van der Waals surface area contributed by atoms with Crippen molar-refractivity contribution in [3.63, 3.8) is 0 Å². The zero-order chi connectivity index (χ0) is 11.6. The molecule has 0 aromatic carbocycles. The van der Waals surface area contributed by atoms with E-state index in [0.29, 0.717) is 0 Å². The Bertz CT molecular complexity index is 151. The molecule has 2 N–H and O–H groups in total. The van der Waals surface area contributed by atoms with Crippen molar-refractivity contribution < 1.29 is 0 Å². The lowest BCUT2D eigenvalue weighted by Gasteiger charge is -2.21. The van der Waals surface area contributed by atoms with E-state index < -0.39 is 0 Å². The summed E-state index contributed by atoms with van der Waals surface area (Å²) in [6, 6.07) is 0. The van der Waals surface area contributed by atoms with Crippen LogP contribution in [0.1, 0.15) is 52.4 Å². The van der Waals surface area contributed by atoms with Crippen LogP contribution in [0.2, 0.25) is 0 Å². The minimum absolute atomic E-state index is 0.773. The van der Waals surface area contributed by atoms with Gasteiger partial charge in [-0.05, 0) is 57.3 Å². The lowest BCUT2D eigenvalue weighted by atomic mass is 9.89. The molecule has 0 aromatic rings. The molecular weight excluding hydrogens is 196 g/mol. The van der Waals surface area contributed by atoms with E-state index in [1.165, 1.54) is 51.6 Å². The third-order valence-electron chi connectivity index (χ3n) is 3.42. The molecule has 1 saturated carbocycles. The number of hydrogen-bond acceptors (Lipinski definition) is 2. The van der Waals surface area contributed by atoms with E-state index in [1.54, 1.807) is 0 Å². The van der Waals surface area contributed by atoms with Gasteiger partial charge in [0.25, 0.3) is 0 Å². The SMILES string of the molecule is CC(C)CNCCCNCC1CCCCC1. The Morgan fingerprint density at radius 2 is 1.69 bits per heavy atom. The van der Waals surface area contributed by atoms with E-state index in [4.69, 9.17) is 0 Å². The predicted molar refractivity (Wildman–Crippen MR) is 71.8 cm³/mol. The second-order valence-corrected chi connectivity index (χ2v) is 5.66. The van der Waals surface area contributed by atoms with Crippen LogP contribution in [0, 0.1) is 11.8 Å². The summed E-state index contributed by atoms with van der Waals surface area (Å²) in [5, 5.41) is 7.09. The minimum atomic E-state index is 0.773. The van der Waals surface area contributed by atoms with Crippen LogP contribution in [-0.4, -0.2) is 26.2 Å². The lowest BCUT2D eigenvalue weighted by Crippen LogP contribution is -2.28. The molecule has 16 heavy (non-hydrogen) atoms. The fourth-order valence-electron chi connectivity index (χ4n) is 2.43. The van der Waals surface area contributed by atoms with Crippen LogP contribution < -0.4 is 10.6 Å². The molecule has 0 bridgehead atoms. The predicted octanol–water partition coefficient (Wildman–Crippen LogP) is 2.79. The van der Waals surface area contributed by atoms with Gasteiger partial charge in [0.05, 0.1) is 0 Å². The van der Waals surface area contributed by atoms with Crippen molar-refractivity contribution in [2.75, 3.05) is 26.2 Å². The van der Waals surface area contributed by atoms with E-state index in [1.807, 2.05) is 0 Å². The second kappa shape index (κ2) is 9.00. The Kier molecular flexibility index (Phi) is 7.87. The van der Waals surface area contributed by atoms with Crippen molar-refractivity contribution in [2.45, 2.75) is 52.4 Å². The average molecular weight is 226 g/mol. The highest BCUT2D eigenvalue weighted by Gasteiger charge is 2.11. The molecule has 2 nitrogen and oxygen atoms in total. The maximum Gasteiger partial charge on any atom is -0.00205 e. The van der Waals surface area contributed by atoms with Gasteiger partial charge in [-0.2, -0.15) is 0 Å². The van der Waals surface area contributed by atoms with E-state index in [0.717, 1.165) is 24.9 Å². The third-order valence-corrected chi connectivity index (χ3v) is 3.42. The van der Waals surface area contributed by atoms with E-state index in [2.05, 4.69) is 24.5 Å². The van der Waals surface area contributed by atoms with E-state index in [9.17, 15) is 0 Å². The molecule has 0 saturated heterocycles. The van der Waals surface area contributed by atoms with Crippen LogP contribution in [0.4, 0.5) is 0 Å². The first-order valence-electron chi connectivity index (χ1n) is 7.20. The summed E-state index contributed by atoms with van der Waals surface area (Å²) in [7, 11) is 0. The standard InChI is InChI=1S/C14H30N2/c1-13(2)11-15-9-6-10-16-12-14-7-4-3-5-8-14/h13-16H,3-12H2,1-2H3. The van der Waals surface area contributed by atoms with Gasteiger partial charge >= 0.3 is 0 Å². The first kappa shape index (κ1) is 14.0. The number of nitrogens with one attached hydrogen (secondary N) is 2. The molecule has 2 heteroatoms. The van der Waals surface area contributed by atoms with Crippen LogP contribution in [0.25, 0.3) is 0 Å². The molecule has 1 rings (SSSR count). The Hall–Kier alpha value is -0.0800. The van der Waals surface area contributed by atoms with Crippen molar-refractivity contribution in [1.29, 1.82) is 0 Å². The third kappa shape index (κ3) is 7.24. The van der Waals surface area contributed by atoms with Gasteiger partial charge in [-0.1, -0.05) is 33.1 Å². The fraction of sp³-hybridized carbons (Fsp3) is 1.00. The smallest absolute Gasteiger partial charge is 0.00205 e. The first-order valence-corrected chi connectivity index (χ1v) is 7.20. The molecule has 1 aliphatic carbocycles. The minimum Gasteiger partial charge on any atom is -0.316 e. The fourth-order valence-corrected chi connectivity index (χ4v) is 2.43. The van der Waals surface area contributed by atoms with Gasteiger partial charge in [0.15, 0.2) is 0 Å². The zero-order valence-electron chi connectivity index (χ0n) is 11.2. The summed E-state index contributed by atoms with van der Waals surface area (Å²) < 4.78 is 0. The van der Waals surface area contributed by atoms with Gasteiger partial charge < -0.3 is 10.6 Å².